The summed E-state index contributed by atoms with van der Waals surface area (Å²) in [6.07, 6.45) is 0. The quantitative estimate of drug-likeness (QED) is 0.283. The molecule has 0 aliphatic heterocycles. The van der Waals surface area contributed by atoms with Crippen LogP contribution in [0.1, 0.15) is 32.2 Å². The van der Waals surface area contributed by atoms with Crippen molar-refractivity contribution in [2.24, 2.45) is 0 Å². The fourth-order valence-electron chi connectivity index (χ4n) is 4.65. The van der Waals surface area contributed by atoms with Gasteiger partial charge in [-0.3, -0.25) is 9.59 Å². The number of para-hydroxylation sites is 2. The molecule has 0 radical (unpaired) electrons. The first-order chi connectivity index (χ1) is 17.1. The molecule has 0 spiro atoms. The van der Waals surface area contributed by atoms with Crippen molar-refractivity contribution in [1.29, 1.82) is 0 Å². The van der Waals surface area contributed by atoms with Crippen LogP contribution >= 0.6 is 0 Å². The van der Waals surface area contributed by atoms with Gasteiger partial charge in [-0.25, -0.2) is 0 Å². The minimum Gasteiger partial charge on any atom is -0.453 e. The van der Waals surface area contributed by atoms with Crippen molar-refractivity contribution in [2.75, 3.05) is 0 Å². The highest BCUT2D eigenvalue weighted by atomic mass is 16.3. The van der Waals surface area contributed by atoms with Crippen LogP contribution in [0.2, 0.25) is 0 Å². The zero-order valence-electron chi connectivity index (χ0n) is 18.4. The van der Waals surface area contributed by atoms with Crippen LogP contribution in [0.3, 0.4) is 0 Å². The Kier molecular flexibility index (Phi) is 4.08. The molecule has 0 bridgehead atoms. The van der Waals surface area contributed by atoms with Gasteiger partial charge in [0.2, 0.25) is 11.6 Å². The van der Waals surface area contributed by atoms with Crippen molar-refractivity contribution in [3.05, 3.63) is 120 Å². The van der Waals surface area contributed by atoms with Gasteiger partial charge in [0.05, 0.1) is 0 Å². The Morgan fingerprint density at radius 2 is 1.00 bits per heavy atom. The molecule has 5 heteroatoms. The van der Waals surface area contributed by atoms with Crippen LogP contribution in [0.4, 0.5) is 0 Å². The Balaban J connectivity index is 1.31. The largest absolute Gasteiger partial charge is 0.453 e. The summed E-state index contributed by atoms with van der Waals surface area (Å²) in [6.45, 7) is 0. The normalized spacial score (nSPS) is 11.7. The molecule has 1 N–H and O–H groups in total. The smallest absolute Gasteiger partial charge is 0.228 e. The fraction of sp³-hybridized carbons (Fsp3) is 0. The van der Waals surface area contributed by atoms with Crippen LogP contribution in [-0.4, -0.2) is 16.6 Å². The molecule has 5 nitrogen and oxygen atoms in total. The van der Waals surface area contributed by atoms with Crippen molar-refractivity contribution < 1.29 is 18.4 Å². The highest BCUT2D eigenvalue weighted by molar-refractivity contribution is 6.16. The predicted molar refractivity (Wildman–Crippen MR) is 135 cm³/mol. The van der Waals surface area contributed by atoms with Crippen LogP contribution < -0.4 is 0 Å². The fourth-order valence-corrected chi connectivity index (χ4v) is 4.65. The summed E-state index contributed by atoms with van der Waals surface area (Å²) < 4.78 is 11.6. The van der Waals surface area contributed by atoms with E-state index in [2.05, 4.69) is 4.98 Å². The molecule has 7 aromatic rings. The number of benzene rings is 4. The van der Waals surface area contributed by atoms with Gasteiger partial charge in [0.1, 0.15) is 11.2 Å². The van der Waals surface area contributed by atoms with E-state index in [0.717, 1.165) is 32.6 Å². The van der Waals surface area contributed by atoms with E-state index in [4.69, 9.17) is 8.83 Å². The number of rotatable bonds is 4. The predicted octanol–water partition coefficient (Wildman–Crippen LogP) is 7.28. The molecule has 0 atom stereocenters. The summed E-state index contributed by atoms with van der Waals surface area (Å²) in [5, 5.41) is 3.50. The number of aromatic amines is 1. The third-order valence-corrected chi connectivity index (χ3v) is 6.42. The standard InChI is InChI=1S/C30H17NO4/c32-29(27-15-17-5-1-3-7-25(17)34-27)19-9-11-23-21(13-19)22-14-20(10-12-24(22)31-23)30(33)28-16-18-6-2-4-8-26(18)35-28/h1-16,31H. The number of carbonyl (C=O) groups is 2. The topological polar surface area (TPSA) is 76.2 Å². The SMILES string of the molecule is O=C(c1ccc2[nH]c3ccc(C(=O)c4cc5ccccc5o4)cc3c2c1)c1cc2ccccc2o1. The Morgan fingerprint density at radius 1 is 0.543 bits per heavy atom. The number of nitrogens with one attached hydrogen (secondary N) is 1. The zero-order chi connectivity index (χ0) is 23.5. The lowest BCUT2D eigenvalue weighted by atomic mass is 10.0. The molecule has 0 saturated heterocycles. The molecule has 3 heterocycles. The second-order valence-corrected chi connectivity index (χ2v) is 8.60. The lowest BCUT2D eigenvalue weighted by Gasteiger charge is -2.00. The number of ketones is 2. The molecule has 4 aromatic carbocycles. The zero-order valence-corrected chi connectivity index (χ0v) is 18.4. The average Bonchev–Trinajstić information content (AvgIpc) is 3.61. The third-order valence-electron chi connectivity index (χ3n) is 6.42. The Hall–Kier alpha value is -4.90. The second-order valence-electron chi connectivity index (χ2n) is 8.60. The van der Waals surface area contributed by atoms with Gasteiger partial charge in [0, 0.05) is 43.7 Å². The van der Waals surface area contributed by atoms with Gasteiger partial charge in [0.25, 0.3) is 0 Å². The van der Waals surface area contributed by atoms with Gasteiger partial charge in [-0.1, -0.05) is 36.4 Å². The lowest BCUT2D eigenvalue weighted by molar-refractivity contribution is 0.100. The molecule has 35 heavy (non-hydrogen) atoms. The molecule has 0 aliphatic rings. The van der Waals surface area contributed by atoms with Gasteiger partial charge in [-0.2, -0.15) is 0 Å². The lowest BCUT2D eigenvalue weighted by Crippen LogP contribution is -1.99. The molecular formula is C30H17NO4. The van der Waals surface area contributed by atoms with E-state index in [1.807, 2.05) is 72.8 Å². The third kappa shape index (κ3) is 3.09. The van der Waals surface area contributed by atoms with E-state index in [1.54, 1.807) is 24.3 Å². The maximum absolute atomic E-state index is 13.2. The van der Waals surface area contributed by atoms with Crippen molar-refractivity contribution >= 4 is 55.3 Å². The Bertz CT molecular complexity index is 1740. The molecule has 0 saturated carbocycles. The highest BCUT2D eigenvalue weighted by Crippen LogP contribution is 2.30. The van der Waals surface area contributed by atoms with Gasteiger partial charge in [0.15, 0.2) is 11.5 Å². The maximum Gasteiger partial charge on any atom is 0.228 e. The van der Waals surface area contributed by atoms with Crippen LogP contribution in [0.5, 0.6) is 0 Å². The number of aromatic nitrogens is 1. The van der Waals surface area contributed by atoms with Crippen molar-refractivity contribution in [1.82, 2.24) is 4.98 Å². The van der Waals surface area contributed by atoms with E-state index in [9.17, 15) is 9.59 Å². The van der Waals surface area contributed by atoms with E-state index < -0.39 is 0 Å². The summed E-state index contributed by atoms with van der Waals surface area (Å²) >= 11 is 0. The van der Waals surface area contributed by atoms with Gasteiger partial charge in [-0.05, 0) is 60.7 Å². The molecule has 3 aromatic heterocycles. The Labute approximate surface area is 198 Å². The number of hydrogen-bond donors (Lipinski definition) is 1. The minimum absolute atomic E-state index is 0.188. The summed E-state index contributed by atoms with van der Waals surface area (Å²) in [5.41, 5.74) is 4.16. The number of H-pyrrole nitrogens is 1. The molecule has 0 fully saturated rings. The molecule has 0 amide bonds. The van der Waals surface area contributed by atoms with Crippen LogP contribution in [0.25, 0.3) is 43.7 Å². The average molecular weight is 455 g/mol. The number of hydrogen-bond acceptors (Lipinski definition) is 4. The first kappa shape index (κ1) is 19.6. The summed E-state index contributed by atoms with van der Waals surface area (Å²) in [6, 6.07) is 29.6. The first-order valence-electron chi connectivity index (χ1n) is 11.3. The molecular weight excluding hydrogens is 438 g/mol. The molecule has 0 unspecified atom stereocenters. The summed E-state index contributed by atoms with van der Waals surface area (Å²) in [4.78, 5) is 29.7. The number of carbonyl (C=O) groups excluding carboxylic acids is 2. The van der Waals surface area contributed by atoms with Gasteiger partial charge >= 0.3 is 0 Å². The number of furan rings is 2. The van der Waals surface area contributed by atoms with Crippen LogP contribution in [0, 0.1) is 0 Å². The van der Waals surface area contributed by atoms with E-state index in [0.29, 0.717) is 33.8 Å². The van der Waals surface area contributed by atoms with Crippen molar-refractivity contribution in [2.45, 2.75) is 0 Å². The van der Waals surface area contributed by atoms with Crippen molar-refractivity contribution in [3.8, 4) is 0 Å². The molecule has 7 rings (SSSR count). The monoisotopic (exact) mass is 455 g/mol. The minimum atomic E-state index is -0.188. The van der Waals surface area contributed by atoms with Crippen LogP contribution in [0.15, 0.2) is 106 Å². The van der Waals surface area contributed by atoms with Crippen LogP contribution in [-0.2, 0) is 0 Å². The first-order valence-corrected chi connectivity index (χ1v) is 11.3. The molecule has 166 valence electrons. The summed E-state index contributed by atoms with van der Waals surface area (Å²) in [5.74, 6) is 0.219. The molecule has 0 aliphatic carbocycles. The summed E-state index contributed by atoms with van der Waals surface area (Å²) in [7, 11) is 0. The van der Waals surface area contributed by atoms with Crippen molar-refractivity contribution in [3.63, 3.8) is 0 Å². The van der Waals surface area contributed by atoms with E-state index in [1.165, 1.54) is 0 Å². The van der Waals surface area contributed by atoms with E-state index >= 15 is 0 Å². The van der Waals surface area contributed by atoms with E-state index in [-0.39, 0.29) is 11.6 Å². The van der Waals surface area contributed by atoms with Gasteiger partial charge in [-0.15, -0.1) is 0 Å². The van der Waals surface area contributed by atoms with Gasteiger partial charge < -0.3 is 13.8 Å². The highest BCUT2D eigenvalue weighted by Gasteiger charge is 2.18. The maximum atomic E-state index is 13.2. The Morgan fingerprint density at radius 3 is 1.46 bits per heavy atom. The second kappa shape index (κ2) is 7.30. The number of fused-ring (bicyclic) bond motifs is 5.